The van der Waals surface area contributed by atoms with Gasteiger partial charge in [-0.05, 0) is 37.5 Å². The highest BCUT2D eigenvalue weighted by molar-refractivity contribution is 7.91. The molecule has 2 aliphatic heterocycles. The van der Waals surface area contributed by atoms with Crippen LogP contribution < -0.4 is 10.2 Å². The number of hydrogen-bond acceptors (Lipinski definition) is 8. The summed E-state index contributed by atoms with van der Waals surface area (Å²) in [5, 5.41) is 3.16. The number of thiazole rings is 1. The summed E-state index contributed by atoms with van der Waals surface area (Å²) in [4.78, 5) is 29.8. The number of nitrogens with zero attached hydrogens (tertiary/aromatic N) is 5. The van der Waals surface area contributed by atoms with Crippen molar-refractivity contribution >= 4 is 43.3 Å². The lowest BCUT2D eigenvalue weighted by Crippen LogP contribution is -2.52. The highest BCUT2D eigenvalue weighted by Crippen LogP contribution is 2.34. The number of likely N-dealkylation sites (tertiary alicyclic amines) is 1. The molecule has 0 unspecified atom stereocenters. The Hall–Kier alpha value is -2.63. The average molecular weight is 472 g/mol. The van der Waals surface area contributed by atoms with Crippen molar-refractivity contribution in [3.05, 3.63) is 41.7 Å². The Kier molecular flexibility index (Phi) is 5.14. The van der Waals surface area contributed by atoms with Crippen LogP contribution in [0.1, 0.15) is 31.4 Å². The van der Waals surface area contributed by atoms with Crippen molar-refractivity contribution < 1.29 is 9.00 Å². The lowest BCUT2D eigenvalue weighted by Gasteiger charge is -2.41. The fourth-order valence-corrected chi connectivity index (χ4v) is 5.65. The number of fused-ring (bicyclic) bond motifs is 1. The van der Waals surface area contributed by atoms with Crippen LogP contribution in [0.15, 0.2) is 41.0 Å². The van der Waals surface area contributed by atoms with E-state index in [-0.39, 0.29) is 28.5 Å². The Morgan fingerprint density at radius 3 is 2.62 bits per heavy atom. The Bertz CT molecular complexity index is 1260. The average Bonchev–Trinajstić information content (AvgIpc) is 3.37. The molecule has 2 aliphatic rings. The quantitative estimate of drug-likeness (QED) is 0.604. The number of rotatable bonds is 4. The van der Waals surface area contributed by atoms with E-state index in [1.807, 2.05) is 5.51 Å². The molecule has 0 saturated carbocycles. The number of piperidine rings is 1. The Balaban J connectivity index is 1.26. The monoisotopic (exact) mass is 471 g/mol. The van der Waals surface area contributed by atoms with Gasteiger partial charge in [0, 0.05) is 37.8 Å². The summed E-state index contributed by atoms with van der Waals surface area (Å²) in [6.45, 7) is 4.47. The molecule has 1 spiro atoms. The molecule has 4 heterocycles. The topological polar surface area (TPSA) is 115 Å². The molecule has 32 heavy (non-hydrogen) atoms. The van der Waals surface area contributed by atoms with Crippen molar-refractivity contribution in [1.29, 1.82) is 4.78 Å². The maximum atomic E-state index is 12.7. The first-order chi connectivity index (χ1) is 15.2. The second-order valence-electron chi connectivity index (χ2n) is 8.65. The largest absolute Gasteiger partial charge is 0.330 e. The molecule has 2 N–H and O–H groups in total. The van der Waals surface area contributed by atoms with Gasteiger partial charge in [0.2, 0.25) is 5.95 Å². The fourth-order valence-electron chi connectivity index (χ4n) is 4.49. The van der Waals surface area contributed by atoms with Crippen LogP contribution in [0.3, 0.4) is 0 Å². The molecule has 0 bridgehead atoms. The van der Waals surface area contributed by atoms with Gasteiger partial charge in [-0.25, -0.2) is 28.7 Å². The molecule has 1 aromatic carbocycles. The second kappa shape index (κ2) is 7.75. The zero-order valence-corrected chi connectivity index (χ0v) is 19.6. The Morgan fingerprint density at radius 2 is 1.94 bits per heavy atom. The molecule has 3 aromatic rings. The minimum atomic E-state index is -2.88. The summed E-state index contributed by atoms with van der Waals surface area (Å²) in [6.07, 6.45) is 5.75. The lowest BCUT2D eigenvalue weighted by atomic mass is 9.87. The smallest absolute Gasteiger partial charge is 0.324 e. The van der Waals surface area contributed by atoms with Crippen LogP contribution in [0, 0.1) is 4.78 Å². The van der Waals surface area contributed by atoms with Crippen LogP contribution in [0.25, 0.3) is 10.2 Å². The molecule has 2 fully saturated rings. The summed E-state index contributed by atoms with van der Waals surface area (Å²) in [7, 11) is -2.88. The van der Waals surface area contributed by atoms with Crippen molar-refractivity contribution in [2.75, 3.05) is 30.8 Å². The highest BCUT2D eigenvalue weighted by Gasteiger charge is 2.46. The third kappa shape index (κ3) is 3.84. The SMILES string of the molecule is C[C@@H](c1ccc2scnc2c1)N1CCC2(CC1)CN(c1ncc([S@@](C)(=N)=O)cn1)C(=O)N2. The van der Waals surface area contributed by atoms with E-state index in [2.05, 4.69) is 50.3 Å². The van der Waals surface area contributed by atoms with E-state index in [1.54, 1.807) is 16.2 Å². The van der Waals surface area contributed by atoms with Gasteiger partial charge in [0.05, 0.1) is 42.4 Å². The van der Waals surface area contributed by atoms with Gasteiger partial charge in [0.1, 0.15) is 0 Å². The maximum Gasteiger partial charge on any atom is 0.324 e. The number of aromatic nitrogens is 3. The van der Waals surface area contributed by atoms with Gasteiger partial charge in [0.15, 0.2) is 0 Å². The molecular weight excluding hydrogens is 446 g/mol. The second-order valence-corrected chi connectivity index (χ2v) is 11.7. The summed E-state index contributed by atoms with van der Waals surface area (Å²) in [5.74, 6) is 0.277. The van der Waals surface area contributed by atoms with Gasteiger partial charge in [0.25, 0.3) is 0 Å². The highest BCUT2D eigenvalue weighted by atomic mass is 32.2. The molecule has 9 nitrogen and oxygen atoms in total. The first-order valence-electron chi connectivity index (χ1n) is 10.5. The number of benzene rings is 1. The lowest BCUT2D eigenvalue weighted by molar-refractivity contribution is 0.121. The van der Waals surface area contributed by atoms with Gasteiger partial charge in [-0.1, -0.05) is 6.07 Å². The minimum absolute atomic E-state index is 0.212. The molecule has 0 radical (unpaired) electrons. The Morgan fingerprint density at radius 1 is 1.22 bits per heavy atom. The van der Waals surface area contributed by atoms with Gasteiger partial charge in [-0.15, -0.1) is 11.3 Å². The molecule has 11 heteroatoms. The van der Waals surface area contributed by atoms with Crippen LogP contribution in [-0.2, 0) is 9.73 Å². The third-order valence-corrected chi connectivity index (χ3v) is 8.44. The van der Waals surface area contributed by atoms with Crippen molar-refractivity contribution in [2.24, 2.45) is 0 Å². The van der Waals surface area contributed by atoms with Crippen molar-refractivity contribution in [1.82, 2.24) is 25.2 Å². The predicted octanol–water partition coefficient (Wildman–Crippen LogP) is 3.25. The number of carbonyl (C=O) groups excluding carboxylic acids is 1. The van der Waals surface area contributed by atoms with Crippen molar-refractivity contribution in [3.63, 3.8) is 0 Å². The minimum Gasteiger partial charge on any atom is -0.330 e. The third-order valence-electron chi connectivity index (χ3n) is 6.52. The zero-order chi connectivity index (χ0) is 22.5. The summed E-state index contributed by atoms with van der Waals surface area (Å²) >= 11 is 1.65. The van der Waals surface area contributed by atoms with Gasteiger partial charge in [-0.3, -0.25) is 9.80 Å². The summed E-state index contributed by atoms with van der Waals surface area (Å²) < 4.78 is 20.7. The van der Waals surface area contributed by atoms with Crippen LogP contribution in [-0.4, -0.2) is 61.5 Å². The van der Waals surface area contributed by atoms with Crippen LogP contribution in [0.5, 0.6) is 0 Å². The molecule has 0 aliphatic carbocycles. The predicted molar refractivity (Wildman–Crippen MR) is 125 cm³/mol. The summed E-state index contributed by atoms with van der Waals surface area (Å²) in [6, 6.07) is 6.56. The first-order valence-corrected chi connectivity index (χ1v) is 13.3. The van der Waals surface area contributed by atoms with E-state index in [0.717, 1.165) is 31.4 Å². The van der Waals surface area contributed by atoms with Gasteiger partial charge in [-0.2, -0.15) is 0 Å². The molecule has 2 saturated heterocycles. The number of carbonyl (C=O) groups is 1. The van der Waals surface area contributed by atoms with Crippen molar-refractivity contribution in [2.45, 2.75) is 36.2 Å². The number of amides is 2. The van der Waals surface area contributed by atoms with E-state index >= 15 is 0 Å². The molecular formula is C21H25N7O2S2. The number of nitrogens with one attached hydrogen (secondary N) is 2. The van der Waals surface area contributed by atoms with Crippen molar-refractivity contribution in [3.8, 4) is 0 Å². The molecule has 168 valence electrons. The molecule has 2 atom stereocenters. The van der Waals surface area contributed by atoms with E-state index in [0.29, 0.717) is 6.54 Å². The van der Waals surface area contributed by atoms with E-state index in [9.17, 15) is 9.00 Å². The molecule has 5 rings (SSSR count). The molecule has 2 amide bonds. The summed E-state index contributed by atoms with van der Waals surface area (Å²) in [5.41, 5.74) is 3.87. The van der Waals surface area contributed by atoms with E-state index in [1.165, 1.54) is 28.9 Å². The molecule has 2 aromatic heterocycles. The van der Waals surface area contributed by atoms with Crippen LogP contribution in [0.4, 0.5) is 10.7 Å². The van der Waals surface area contributed by atoms with Crippen LogP contribution >= 0.6 is 11.3 Å². The number of hydrogen-bond donors (Lipinski definition) is 2. The van der Waals surface area contributed by atoms with Gasteiger partial charge >= 0.3 is 6.03 Å². The fraction of sp³-hybridized carbons (Fsp3) is 0.429. The Labute approximate surface area is 190 Å². The van der Waals surface area contributed by atoms with E-state index < -0.39 is 9.73 Å². The van der Waals surface area contributed by atoms with Crippen LogP contribution in [0.2, 0.25) is 0 Å². The standard InChI is InChI=1S/C21H25N7O2S2/c1-14(15-3-4-18-17(9-15)25-13-31-18)27-7-5-21(6-8-27)12-28(20(29)26-21)19-23-10-16(11-24-19)32(2,22)30/h3-4,9-11,13-14,22H,5-8,12H2,1-2H3,(H,26,29)/t14-,32-/m0/s1. The normalized spacial score (nSPS) is 21.6. The van der Waals surface area contributed by atoms with E-state index in [4.69, 9.17) is 4.78 Å². The number of anilines is 1. The zero-order valence-electron chi connectivity index (χ0n) is 17.9. The first kappa shape index (κ1) is 21.2. The maximum absolute atomic E-state index is 12.7. The number of urea groups is 1. The van der Waals surface area contributed by atoms with Gasteiger partial charge < -0.3 is 5.32 Å².